The summed E-state index contributed by atoms with van der Waals surface area (Å²) >= 11 is 1.49. The Kier molecular flexibility index (Phi) is 8.24. The molecule has 1 unspecified atom stereocenters. The fourth-order valence-electron chi connectivity index (χ4n) is 4.62. The number of nitrogens with zero attached hydrogens (tertiary/aromatic N) is 3. The molecule has 0 bridgehead atoms. The molecule has 3 aliphatic heterocycles. The third kappa shape index (κ3) is 6.16. The number of amides is 1. The zero-order valence-corrected chi connectivity index (χ0v) is 22.4. The molecule has 1 saturated heterocycles. The molecule has 0 spiro atoms. The summed E-state index contributed by atoms with van der Waals surface area (Å²) in [7, 11) is 0. The number of anilines is 2. The van der Waals surface area contributed by atoms with Crippen molar-refractivity contribution in [2.24, 2.45) is 0 Å². The summed E-state index contributed by atoms with van der Waals surface area (Å²) in [6.07, 6.45) is 4.42. The topological polar surface area (TPSA) is 81.1 Å². The molecule has 0 radical (unpaired) electrons. The summed E-state index contributed by atoms with van der Waals surface area (Å²) in [4.78, 5) is 22.9. The van der Waals surface area contributed by atoms with Crippen LogP contribution < -0.4 is 10.6 Å². The van der Waals surface area contributed by atoms with Crippen molar-refractivity contribution in [2.45, 2.75) is 56.1 Å². The summed E-state index contributed by atoms with van der Waals surface area (Å²) in [5, 5.41) is 7.35. The molecule has 2 N–H and O–H groups in total. The van der Waals surface area contributed by atoms with E-state index >= 15 is 0 Å². The Balaban J connectivity index is 1.31. The van der Waals surface area contributed by atoms with Gasteiger partial charge in [0.1, 0.15) is 17.6 Å². The number of pyridine rings is 1. The van der Waals surface area contributed by atoms with Gasteiger partial charge in [0.05, 0.1) is 0 Å². The molecule has 198 valence electrons. The lowest BCUT2D eigenvalue weighted by Gasteiger charge is -2.25. The fraction of sp³-hybridized carbons (Fsp3) is 0.345. The summed E-state index contributed by atoms with van der Waals surface area (Å²) in [6.45, 7) is 5.53. The number of rotatable bonds is 9. The number of hydrogen-bond acceptors (Lipinski definition) is 6. The van der Waals surface area contributed by atoms with E-state index in [0.29, 0.717) is 29.2 Å². The average molecular weight is 534 g/mol. The first-order valence-corrected chi connectivity index (χ1v) is 14.0. The Morgan fingerprint density at radius 1 is 1.16 bits per heavy atom. The Labute approximate surface area is 226 Å². The summed E-state index contributed by atoms with van der Waals surface area (Å²) in [6, 6.07) is 16.2. The Morgan fingerprint density at radius 2 is 1.95 bits per heavy atom. The molecule has 38 heavy (non-hydrogen) atoms. The van der Waals surface area contributed by atoms with Gasteiger partial charge in [-0.3, -0.25) is 4.79 Å². The fourth-order valence-corrected chi connectivity index (χ4v) is 5.42. The number of halogens is 1. The van der Waals surface area contributed by atoms with Crippen LogP contribution in [0.1, 0.15) is 43.4 Å². The van der Waals surface area contributed by atoms with Crippen LogP contribution in [-0.2, 0) is 15.3 Å². The molecular weight excluding hydrogens is 501 g/mol. The van der Waals surface area contributed by atoms with E-state index in [1.165, 1.54) is 23.9 Å². The van der Waals surface area contributed by atoms with E-state index in [9.17, 15) is 9.18 Å². The Morgan fingerprint density at radius 3 is 2.71 bits per heavy atom. The second-order valence-corrected chi connectivity index (χ2v) is 10.5. The maximum Gasteiger partial charge on any atom is 0.247 e. The number of aryl methyl sites for hydroxylation is 1. The quantitative estimate of drug-likeness (QED) is 0.246. The highest BCUT2D eigenvalue weighted by atomic mass is 32.2. The van der Waals surface area contributed by atoms with Crippen LogP contribution in [0, 0.1) is 12.7 Å². The van der Waals surface area contributed by atoms with Gasteiger partial charge in [0.25, 0.3) is 0 Å². The number of hydrogen-bond donors (Lipinski definition) is 2. The highest BCUT2D eigenvalue weighted by molar-refractivity contribution is 7.98. The van der Waals surface area contributed by atoms with E-state index in [4.69, 9.17) is 9.72 Å². The van der Waals surface area contributed by atoms with Crippen LogP contribution in [0.3, 0.4) is 0 Å². The van der Waals surface area contributed by atoms with E-state index in [2.05, 4.69) is 21.7 Å². The van der Waals surface area contributed by atoms with Gasteiger partial charge < -0.3 is 19.9 Å². The van der Waals surface area contributed by atoms with Crippen molar-refractivity contribution in [3.8, 4) is 11.5 Å². The molecule has 5 rings (SSSR count). The molecule has 9 heteroatoms. The monoisotopic (exact) mass is 533 g/mol. The lowest BCUT2D eigenvalue weighted by molar-refractivity contribution is -0.119. The van der Waals surface area contributed by atoms with E-state index < -0.39 is 6.04 Å². The molecule has 3 heterocycles. The lowest BCUT2D eigenvalue weighted by atomic mass is 10.1. The minimum Gasteiger partial charge on any atom is -0.382 e. The second-order valence-electron chi connectivity index (χ2n) is 9.52. The highest BCUT2D eigenvalue weighted by Crippen LogP contribution is 2.30. The minimum atomic E-state index is -0.447. The average Bonchev–Trinajstić information content (AvgIpc) is 3.35. The van der Waals surface area contributed by atoms with E-state index in [1.807, 2.05) is 48.9 Å². The summed E-state index contributed by atoms with van der Waals surface area (Å²) < 4.78 is 20.6. The smallest absolute Gasteiger partial charge is 0.247 e. The predicted molar refractivity (Wildman–Crippen MR) is 149 cm³/mol. The molecule has 2 aromatic rings. The van der Waals surface area contributed by atoms with Crippen LogP contribution in [0.4, 0.5) is 15.8 Å². The number of carbonyl (C=O) groups excluding carboxylic acids is 1. The van der Waals surface area contributed by atoms with Gasteiger partial charge in [-0.1, -0.05) is 36.9 Å². The van der Waals surface area contributed by atoms with Crippen molar-refractivity contribution in [3.05, 3.63) is 77.7 Å². The molecule has 2 aromatic carbocycles. The molecule has 7 nitrogen and oxygen atoms in total. The van der Waals surface area contributed by atoms with Crippen LogP contribution in [0.5, 0.6) is 0 Å². The number of imidazole rings is 1. The number of ether oxygens (including phenoxy) is 1. The highest BCUT2D eigenvalue weighted by Gasteiger charge is 2.25. The number of aromatic nitrogens is 3. The van der Waals surface area contributed by atoms with Crippen molar-refractivity contribution < 1.29 is 13.9 Å². The van der Waals surface area contributed by atoms with Gasteiger partial charge in [-0.25, -0.2) is 14.4 Å². The SMILES string of the molecule is CCC(C(=O)Nc1cc(NC2CCOCC2)ccc1C)n1cccc2nc(SCc3ccc(F)cc3)nc1-2. The van der Waals surface area contributed by atoms with Gasteiger partial charge in [-0.15, -0.1) is 0 Å². The molecule has 1 atom stereocenters. The number of thioether (sulfide) groups is 1. The summed E-state index contributed by atoms with van der Waals surface area (Å²) in [5.41, 5.74) is 4.52. The van der Waals surface area contributed by atoms with Crippen LogP contribution >= 0.6 is 11.8 Å². The Bertz CT molecular complexity index is 1350. The molecule has 3 aliphatic rings. The second kappa shape index (κ2) is 12.0. The number of benzene rings is 2. The van der Waals surface area contributed by atoms with Crippen LogP contribution in [0.15, 0.2) is 66.0 Å². The maximum atomic E-state index is 13.5. The molecule has 0 saturated carbocycles. The largest absolute Gasteiger partial charge is 0.382 e. The lowest BCUT2D eigenvalue weighted by Crippen LogP contribution is -2.28. The number of nitrogens with one attached hydrogen (secondary N) is 2. The molecule has 1 fully saturated rings. The number of carbonyl (C=O) groups is 1. The van der Waals surface area contributed by atoms with Crippen LogP contribution in [0.2, 0.25) is 0 Å². The molecule has 0 aromatic heterocycles. The maximum absolute atomic E-state index is 13.5. The standard InChI is InChI=1S/C29H32FN5O2S/c1-3-26(28(36)32-25-17-23(11-6-19(25)2)31-22-12-15-37-16-13-22)35-14-4-5-24-27(35)34-29(33-24)38-18-20-7-9-21(30)10-8-20/h4-11,14,17,22,26,31H,3,12-13,15-16,18H2,1-2H3,(H,32,36). The molecular formula is C29H32FN5O2S. The summed E-state index contributed by atoms with van der Waals surface area (Å²) in [5.74, 6) is 0.949. The van der Waals surface area contributed by atoms with Crippen LogP contribution in [0.25, 0.3) is 11.5 Å². The third-order valence-corrected chi connectivity index (χ3v) is 7.70. The van der Waals surface area contributed by atoms with Gasteiger partial charge in [-0.2, -0.15) is 0 Å². The minimum absolute atomic E-state index is 0.0974. The van der Waals surface area contributed by atoms with Gasteiger partial charge in [0.2, 0.25) is 5.91 Å². The third-order valence-electron chi connectivity index (χ3n) is 6.79. The van der Waals surface area contributed by atoms with Crippen LogP contribution in [-0.4, -0.2) is 39.7 Å². The van der Waals surface area contributed by atoms with Gasteiger partial charge in [-0.05, 0) is 73.7 Å². The first-order valence-electron chi connectivity index (χ1n) is 13.0. The molecule has 1 amide bonds. The van der Waals surface area contributed by atoms with Gasteiger partial charge in [0.15, 0.2) is 11.0 Å². The first-order chi connectivity index (χ1) is 18.5. The van der Waals surface area contributed by atoms with E-state index in [-0.39, 0.29) is 11.7 Å². The van der Waals surface area contributed by atoms with Crippen molar-refractivity contribution in [3.63, 3.8) is 0 Å². The van der Waals surface area contributed by atoms with E-state index in [1.54, 1.807) is 12.1 Å². The van der Waals surface area contributed by atoms with Crippen molar-refractivity contribution in [1.29, 1.82) is 0 Å². The Hall–Kier alpha value is -3.43. The normalized spacial score (nSPS) is 14.9. The van der Waals surface area contributed by atoms with E-state index in [0.717, 1.165) is 54.3 Å². The number of fused-ring (bicyclic) bond motifs is 1. The van der Waals surface area contributed by atoms with Gasteiger partial charge in [0, 0.05) is 42.6 Å². The zero-order valence-electron chi connectivity index (χ0n) is 21.6. The predicted octanol–water partition coefficient (Wildman–Crippen LogP) is 6.30. The van der Waals surface area contributed by atoms with Crippen molar-refractivity contribution in [1.82, 2.24) is 14.5 Å². The zero-order chi connectivity index (χ0) is 26.5. The molecule has 0 aliphatic carbocycles. The van der Waals surface area contributed by atoms with Crippen molar-refractivity contribution >= 4 is 29.0 Å². The van der Waals surface area contributed by atoms with Gasteiger partial charge >= 0.3 is 0 Å². The first kappa shape index (κ1) is 26.2. The van der Waals surface area contributed by atoms with Crippen molar-refractivity contribution in [2.75, 3.05) is 23.8 Å².